The summed E-state index contributed by atoms with van der Waals surface area (Å²) in [6, 6.07) is 5.35. The molecule has 0 spiro atoms. The zero-order valence-corrected chi connectivity index (χ0v) is 12.6. The third-order valence-electron chi connectivity index (χ3n) is 3.13. The molecule has 0 fully saturated rings. The van der Waals surface area contributed by atoms with Crippen molar-refractivity contribution < 1.29 is 19.4 Å². The van der Waals surface area contributed by atoms with Crippen LogP contribution in [0.15, 0.2) is 36.4 Å². The third-order valence-corrected chi connectivity index (χ3v) is 3.13. The molecule has 0 saturated heterocycles. The monoisotopic (exact) mass is 290 g/mol. The molecule has 0 atom stereocenters. The lowest BCUT2D eigenvalue weighted by Crippen LogP contribution is -2.00. The van der Waals surface area contributed by atoms with Gasteiger partial charge in [0.15, 0.2) is 11.5 Å². The molecule has 0 aromatic heterocycles. The fourth-order valence-corrected chi connectivity index (χ4v) is 1.99. The van der Waals surface area contributed by atoms with E-state index in [9.17, 15) is 9.90 Å². The number of rotatable bonds is 9. The van der Waals surface area contributed by atoms with Gasteiger partial charge in [0.2, 0.25) is 0 Å². The number of hydrogen-bond donors (Lipinski definition) is 1. The molecule has 0 radical (unpaired) electrons. The maximum atomic E-state index is 11.3. The Morgan fingerprint density at radius 3 is 2.52 bits per heavy atom. The molecule has 21 heavy (non-hydrogen) atoms. The minimum atomic E-state index is -0.886. The quantitative estimate of drug-likeness (QED) is 0.425. The molecule has 0 aliphatic carbocycles. The SMILES string of the molecule is C=CCCCC/C(=C\c1ccc(OC)c(OC)c1)C(=O)O. The van der Waals surface area contributed by atoms with Gasteiger partial charge in [-0.25, -0.2) is 4.79 Å². The number of allylic oxidation sites excluding steroid dienone is 1. The second kappa shape index (κ2) is 8.84. The van der Waals surface area contributed by atoms with Crippen molar-refractivity contribution in [3.63, 3.8) is 0 Å². The Balaban J connectivity index is 2.89. The highest BCUT2D eigenvalue weighted by atomic mass is 16.5. The summed E-state index contributed by atoms with van der Waals surface area (Å²) >= 11 is 0. The van der Waals surface area contributed by atoms with E-state index in [4.69, 9.17) is 9.47 Å². The summed E-state index contributed by atoms with van der Waals surface area (Å²) in [5.41, 5.74) is 1.18. The molecule has 1 rings (SSSR count). The molecule has 4 nitrogen and oxygen atoms in total. The van der Waals surface area contributed by atoms with E-state index in [0.717, 1.165) is 24.8 Å². The van der Waals surface area contributed by atoms with Crippen molar-refractivity contribution in [3.8, 4) is 11.5 Å². The van der Waals surface area contributed by atoms with Gasteiger partial charge in [-0.2, -0.15) is 0 Å². The van der Waals surface area contributed by atoms with E-state index in [0.29, 0.717) is 23.5 Å². The molecule has 0 heterocycles. The Kier molecular flexibility index (Phi) is 7.09. The first-order valence-electron chi connectivity index (χ1n) is 6.89. The lowest BCUT2D eigenvalue weighted by Gasteiger charge is -2.08. The van der Waals surface area contributed by atoms with Gasteiger partial charge in [-0.3, -0.25) is 0 Å². The van der Waals surface area contributed by atoms with Crippen LogP contribution in [0, 0.1) is 0 Å². The lowest BCUT2D eigenvalue weighted by atomic mass is 10.0. The van der Waals surface area contributed by atoms with Crippen LogP contribution in [0.3, 0.4) is 0 Å². The van der Waals surface area contributed by atoms with Crippen LogP contribution in [0.4, 0.5) is 0 Å². The van der Waals surface area contributed by atoms with Crippen LogP contribution in [0.25, 0.3) is 6.08 Å². The highest BCUT2D eigenvalue weighted by molar-refractivity contribution is 5.92. The number of carbonyl (C=O) groups is 1. The van der Waals surface area contributed by atoms with E-state index in [-0.39, 0.29) is 0 Å². The Hall–Kier alpha value is -2.23. The van der Waals surface area contributed by atoms with Gasteiger partial charge < -0.3 is 14.6 Å². The van der Waals surface area contributed by atoms with E-state index >= 15 is 0 Å². The number of methoxy groups -OCH3 is 2. The fraction of sp³-hybridized carbons (Fsp3) is 0.353. The first-order chi connectivity index (χ1) is 10.1. The number of aliphatic carboxylic acids is 1. The number of carboxylic acid groups (broad SMARTS) is 1. The molecule has 1 aromatic rings. The highest BCUT2D eigenvalue weighted by Gasteiger charge is 2.09. The molecule has 0 amide bonds. The average molecular weight is 290 g/mol. The van der Waals surface area contributed by atoms with Crippen molar-refractivity contribution >= 4 is 12.0 Å². The highest BCUT2D eigenvalue weighted by Crippen LogP contribution is 2.28. The van der Waals surface area contributed by atoms with Crippen molar-refractivity contribution in [1.82, 2.24) is 0 Å². The van der Waals surface area contributed by atoms with Gasteiger partial charge in [0.1, 0.15) is 0 Å². The Morgan fingerprint density at radius 1 is 1.24 bits per heavy atom. The van der Waals surface area contributed by atoms with Crippen molar-refractivity contribution in [3.05, 3.63) is 42.0 Å². The van der Waals surface area contributed by atoms with Crippen molar-refractivity contribution in [1.29, 1.82) is 0 Å². The topological polar surface area (TPSA) is 55.8 Å². The summed E-state index contributed by atoms with van der Waals surface area (Å²) in [5, 5.41) is 9.27. The molecule has 0 aliphatic heterocycles. The Morgan fingerprint density at radius 2 is 1.95 bits per heavy atom. The second-order valence-electron chi connectivity index (χ2n) is 4.62. The standard InChI is InChI=1S/C17H22O4/c1-4-5-6-7-8-14(17(18)19)11-13-9-10-15(20-2)16(12-13)21-3/h4,9-12H,1,5-8H2,2-3H3,(H,18,19)/b14-11+. The maximum absolute atomic E-state index is 11.3. The summed E-state index contributed by atoms with van der Waals surface area (Å²) in [5.74, 6) is 0.323. The van der Waals surface area contributed by atoms with Crippen LogP contribution in [-0.4, -0.2) is 25.3 Å². The molecule has 0 aliphatic rings. The fourth-order valence-electron chi connectivity index (χ4n) is 1.99. The van der Waals surface area contributed by atoms with Crippen LogP contribution >= 0.6 is 0 Å². The summed E-state index contributed by atoms with van der Waals surface area (Å²) in [6.45, 7) is 3.66. The molecule has 0 unspecified atom stereocenters. The number of unbranched alkanes of at least 4 members (excludes halogenated alkanes) is 2. The van der Waals surface area contributed by atoms with Crippen LogP contribution in [-0.2, 0) is 4.79 Å². The van der Waals surface area contributed by atoms with Crippen LogP contribution in [0.2, 0.25) is 0 Å². The molecule has 114 valence electrons. The summed E-state index contributed by atoms with van der Waals surface area (Å²) in [4.78, 5) is 11.3. The van der Waals surface area contributed by atoms with Gasteiger partial charge in [0.25, 0.3) is 0 Å². The molecular weight excluding hydrogens is 268 g/mol. The summed E-state index contributed by atoms with van der Waals surface area (Å²) in [6.07, 6.45) is 6.75. The van der Waals surface area contributed by atoms with Gasteiger partial charge in [0.05, 0.1) is 14.2 Å². The zero-order chi connectivity index (χ0) is 15.7. The number of ether oxygens (including phenoxy) is 2. The van der Waals surface area contributed by atoms with E-state index in [1.54, 1.807) is 32.4 Å². The largest absolute Gasteiger partial charge is 0.493 e. The van der Waals surface area contributed by atoms with E-state index in [1.165, 1.54) is 0 Å². The minimum absolute atomic E-state index is 0.395. The third kappa shape index (κ3) is 5.34. The average Bonchev–Trinajstić information content (AvgIpc) is 2.49. The first kappa shape index (κ1) is 16.8. The van der Waals surface area contributed by atoms with Crippen molar-refractivity contribution in [2.45, 2.75) is 25.7 Å². The maximum Gasteiger partial charge on any atom is 0.331 e. The van der Waals surface area contributed by atoms with E-state index < -0.39 is 5.97 Å². The van der Waals surface area contributed by atoms with Crippen molar-refractivity contribution in [2.24, 2.45) is 0 Å². The van der Waals surface area contributed by atoms with Gasteiger partial charge in [-0.15, -0.1) is 6.58 Å². The molecule has 0 saturated carbocycles. The number of carboxylic acids is 1. The lowest BCUT2D eigenvalue weighted by molar-refractivity contribution is -0.132. The summed E-state index contributed by atoms with van der Waals surface area (Å²) < 4.78 is 10.4. The summed E-state index contributed by atoms with van der Waals surface area (Å²) in [7, 11) is 3.12. The Bertz CT molecular complexity index is 518. The second-order valence-corrected chi connectivity index (χ2v) is 4.62. The number of hydrogen-bond acceptors (Lipinski definition) is 3. The van der Waals surface area contributed by atoms with E-state index in [2.05, 4.69) is 6.58 Å². The zero-order valence-electron chi connectivity index (χ0n) is 12.6. The predicted octanol–water partition coefficient (Wildman–Crippen LogP) is 3.92. The van der Waals surface area contributed by atoms with Gasteiger partial charge >= 0.3 is 5.97 Å². The molecular formula is C17H22O4. The number of benzene rings is 1. The Labute approximate surface area is 125 Å². The van der Waals surface area contributed by atoms with E-state index in [1.807, 2.05) is 12.1 Å². The molecule has 0 bridgehead atoms. The van der Waals surface area contributed by atoms with Crippen LogP contribution in [0.1, 0.15) is 31.2 Å². The molecule has 1 aromatic carbocycles. The van der Waals surface area contributed by atoms with Gasteiger partial charge in [0, 0.05) is 5.57 Å². The van der Waals surface area contributed by atoms with Crippen LogP contribution in [0.5, 0.6) is 11.5 Å². The molecule has 1 N–H and O–H groups in total. The van der Waals surface area contributed by atoms with Gasteiger partial charge in [-0.05, 0) is 49.5 Å². The minimum Gasteiger partial charge on any atom is -0.493 e. The first-order valence-corrected chi connectivity index (χ1v) is 6.89. The van der Waals surface area contributed by atoms with Crippen molar-refractivity contribution in [2.75, 3.05) is 14.2 Å². The normalized spacial score (nSPS) is 11.0. The van der Waals surface area contributed by atoms with Crippen LogP contribution < -0.4 is 9.47 Å². The smallest absolute Gasteiger partial charge is 0.331 e. The molecule has 4 heteroatoms. The predicted molar refractivity (Wildman–Crippen MR) is 83.8 cm³/mol. The van der Waals surface area contributed by atoms with Gasteiger partial charge in [-0.1, -0.05) is 12.1 Å².